The van der Waals surface area contributed by atoms with E-state index in [1.165, 1.54) is 34.2 Å². The van der Waals surface area contributed by atoms with E-state index >= 15 is 0 Å². The van der Waals surface area contributed by atoms with E-state index in [4.69, 9.17) is 0 Å². The Kier molecular flexibility index (Phi) is 5.43. The molecule has 0 amide bonds. The van der Waals surface area contributed by atoms with Crippen LogP contribution in [0.2, 0.25) is 0 Å². The molecule has 1 aromatic heterocycles. The van der Waals surface area contributed by atoms with Crippen molar-refractivity contribution in [2.45, 2.75) is 39.5 Å². The molecule has 0 saturated heterocycles. The van der Waals surface area contributed by atoms with E-state index in [0.717, 1.165) is 25.0 Å². The third-order valence-corrected chi connectivity index (χ3v) is 4.37. The summed E-state index contributed by atoms with van der Waals surface area (Å²) in [4.78, 5) is 4.60. The highest BCUT2D eigenvalue weighted by molar-refractivity contribution is 5.69. The molecule has 1 nitrogen and oxygen atoms in total. The Morgan fingerprint density at radius 1 is 0.583 bits per heavy atom. The van der Waals surface area contributed by atoms with Crippen LogP contribution < -0.4 is 0 Å². The first kappa shape index (κ1) is 16.4. The van der Waals surface area contributed by atoms with E-state index in [1.807, 2.05) is 6.20 Å². The van der Waals surface area contributed by atoms with Crippen molar-refractivity contribution in [1.29, 1.82) is 0 Å². The quantitative estimate of drug-likeness (QED) is 0.518. The molecule has 0 atom stereocenters. The second kappa shape index (κ2) is 7.92. The van der Waals surface area contributed by atoms with Gasteiger partial charge in [-0.3, -0.25) is 4.98 Å². The van der Waals surface area contributed by atoms with Gasteiger partial charge in [-0.2, -0.15) is 0 Å². The number of hydrogen-bond donors (Lipinski definition) is 0. The molecule has 0 bridgehead atoms. The normalized spacial score (nSPS) is 10.8. The lowest BCUT2D eigenvalue weighted by Gasteiger charge is -2.06. The first-order valence-electron chi connectivity index (χ1n) is 8.95. The van der Waals surface area contributed by atoms with Crippen molar-refractivity contribution in [2.75, 3.05) is 0 Å². The molecule has 0 radical (unpaired) electrons. The molecule has 0 unspecified atom stereocenters. The van der Waals surface area contributed by atoms with Gasteiger partial charge >= 0.3 is 0 Å². The van der Waals surface area contributed by atoms with E-state index in [-0.39, 0.29) is 0 Å². The monoisotopic (exact) mass is 315 g/mol. The number of rotatable bonds is 6. The standard InChI is InChI=1S/C23H25N/c1-3-5-18-7-10-20(11-8-18)21-12-14-22(15-13-21)23-16-9-19(6-4-2)17-24-23/h7-17H,3-6H2,1-2H3. The molecule has 0 aliphatic heterocycles. The summed E-state index contributed by atoms with van der Waals surface area (Å²) < 4.78 is 0. The molecule has 0 saturated carbocycles. The summed E-state index contributed by atoms with van der Waals surface area (Å²) in [5.74, 6) is 0. The zero-order valence-corrected chi connectivity index (χ0v) is 14.6. The fourth-order valence-electron chi connectivity index (χ4n) is 3.02. The summed E-state index contributed by atoms with van der Waals surface area (Å²) in [6.45, 7) is 4.41. The van der Waals surface area contributed by atoms with Crippen molar-refractivity contribution in [2.24, 2.45) is 0 Å². The topological polar surface area (TPSA) is 12.9 Å². The molecule has 2 aromatic carbocycles. The first-order valence-corrected chi connectivity index (χ1v) is 8.95. The van der Waals surface area contributed by atoms with Gasteiger partial charge in [-0.15, -0.1) is 0 Å². The average Bonchev–Trinajstić information content (AvgIpc) is 2.64. The van der Waals surface area contributed by atoms with Crippen molar-refractivity contribution < 1.29 is 0 Å². The van der Waals surface area contributed by atoms with Crippen LogP contribution in [-0.2, 0) is 12.8 Å². The van der Waals surface area contributed by atoms with Gasteiger partial charge in [0.2, 0.25) is 0 Å². The predicted octanol–water partition coefficient (Wildman–Crippen LogP) is 6.32. The third-order valence-electron chi connectivity index (χ3n) is 4.37. The molecule has 1 heteroatoms. The molecule has 122 valence electrons. The summed E-state index contributed by atoms with van der Waals surface area (Å²) in [6.07, 6.45) is 6.60. The molecule has 0 N–H and O–H groups in total. The minimum atomic E-state index is 1.04. The second-order valence-electron chi connectivity index (χ2n) is 6.33. The van der Waals surface area contributed by atoms with E-state index in [9.17, 15) is 0 Å². The molecule has 0 spiro atoms. The first-order chi connectivity index (χ1) is 11.8. The minimum Gasteiger partial charge on any atom is -0.256 e. The van der Waals surface area contributed by atoms with Crippen molar-refractivity contribution >= 4 is 0 Å². The van der Waals surface area contributed by atoms with Crippen LogP contribution in [0.15, 0.2) is 66.9 Å². The Hall–Kier alpha value is -2.41. The van der Waals surface area contributed by atoms with Crippen LogP contribution in [-0.4, -0.2) is 4.98 Å². The summed E-state index contributed by atoms with van der Waals surface area (Å²) in [5, 5.41) is 0. The van der Waals surface area contributed by atoms with Gasteiger partial charge in [0.1, 0.15) is 0 Å². The summed E-state index contributed by atoms with van der Waals surface area (Å²) in [5.41, 5.74) is 7.46. The van der Waals surface area contributed by atoms with Gasteiger partial charge in [0.25, 0.3) is 0 Å². The van der Waals surface area contributed by atoms with Crippen LogP contribution in [0.1, 0.15) is 37.8 Å². The molecule has 3 aromatic rings. The Morgan fingerprint density at radius 2 is 1.08 bits per heavy atom. The lowest BCUT2D eigenvalue weighted by atomic mass is 10.0. The van der Waals surface area contributed by atoms with Crippen LogP contribution in [0.3, 0.4) is 0 Å². The summed E-state index contributed by atoms with van der Waals surface area (Å²) >= 11 is 0. The highest BCUT2D eigenvalue weighted by atomic mass is 14.7. The fourth-order valence-corrected chi connectivity index (χ4v) is 3.02. The number of nitrogens with zero attached hydrogens (tertiary/aromatic N) is 1. The maximum Gasteiger partial charge on any atom is 0.0702 e. The number of hydrogen-bond acceptors (Lipinski definition) is 1. The third kappa shape index (κ3) is 3.91. The van der Waals surface area contributed by atoms with E-state index in [1.54, 1.807) is 0 Å². The molecule has 24 heavy (non-hydrogen) atoms. The molecule has 1 heterocycles. The molecule has 0 aliphatic rings. The minimum absolute atomic E-state index is 1.04. The average molecular weight is 315 g/mol. The number of pyridine rings is 1. The number of benzene rings is 2. The zero-order chi connectivity index (χ0) is 16.8. The highest BCUT2D eigenvalue weighted by Crippen LogP contribution is 2.24. The molecule has 3 rings (SSSR count). The smallest absolute Gasteiger partial charge is 0.0702 e. The molecule has 0 aliphatic carbocycles. The lowest BCUT2D eigenvalue weighted by Crippen LogP contribution is -1.88. The van der Waals surface area contributed by atoms with Crippen molar-refractivity contribution in [3.05, 3.63) is 78.0 Å². The molecular weight excluding hydrogens is 290 g/mol. The van der Waals surface area contributed by atoms with Gasteiger partial charge in [-0.1, -0.05) is 81.3 Å². The maximum atomic E-state index is 4.60. The van der Waals surface area contributed by atoms with Gasteiger partial charge in [0.15, 0.2) is 0 Å². The Balaban J connectivity index is 1.77. The fraction of sp³-hybridized carbons (Fsp3) is 0.261. The van der Waals surface area contributed by atoms with Gasteiger partial charge in [-0.05, 0) is 41.2 Å². The zero-order valence-electron chi connectivity index (χ0n) is 14.6. The molecular formula is C23H25N. The van der Waals surface area contributed by atoms with Crippen LogP contribution in [0.5, 0.6) is 0 Å². The van der Waals surface area contributed by atoms with Crippen LogP contribution in [0.25, 0.3) is 22.4 Å². The van der Waals surface area contributed by atoms with E-state index in [2.05, 4.69) is 79.5 Å². The van der Waals surface area contributed by atoms with Gasteiger partial charge < -0.3 is 0 Å². The van der Waals surface area contributed by atoms with Gasteiger partial charge in [0, 0.05) is 11.8 Å². The van der Waals surface area contributed by atoms with E-state index < -0.39 is 0 Å². The van der Waals surface area contributed by atoms with Gasteiger partial charge in [0.05, 0.1) is 5.69 Å². The highest BCUT2D eigenvalue weighted by Gasteiger charge is 2.02. The van der Waals surface area contributed by atoms with Gasteiger partial charge in [-0.25, -0.2) is 0 Å². The van der Waals surface area contributed by atoms with Crippen molar-refractivity contribution in [3.8, 4) is 22.4 Å². The Morgan fingerprint density at radius 3 is 1.62 bits per heavy atom. The lowest BCUT2D eigenvalue weighted by molar-refractivity contribution is 0.914. The summed E-state index contributed by atoms with van der Waals surface area (Å²) in [7, 11) is 0. The van der Waals surface area contributed by atoms with Crippen LogP contribution in [0.4, 0.5) is 0 Å². The SMILES string of the molecule is CCCc1ccc(-c2ccc(-c3ccc(CCC)cn3)cc2)cc1. The Bertz CT molecular complexity index is 684. The van der Waals surface area contributed by atoms with Crippen molar-refractivity contribution in [3.63, 3.8) is 0 Å². The Labute approximate surface area is 145 Å². The predicted molar refractivity (Wildman–Crippen MR) is 103 cm³/mol. The van der Waals surface area contributed by atoms with E-state index in [0.29, 0.717) is 0 Å². The maximum absolute atomic E-state index is 4.60. The van der Waals surface area contributed by atoms with Crippen LogP contribution in [0, 0.1) is 0 Å². The van der Waals surface area contributed by atoms with Crippen molar-refractivity contribution in [1.82, 2.24) is 4.98 Å². The number of aryl methyl sites for hydroxylation is 2. The second-order valence-corrected chi connectivity index (χ2v) is 6.33. The molecule has 0 fully saturated rings. The summed E-state index contributed by atoms with van der Waals surface area (Å²) in [6, 6.07) is 21.9. The van der Waals surface area contributed by atoms with Crippen LogP contribution >= 0.6 is 0 Å². The number of aromatic nitrogens is 1. The largest absolute Gasteiger partial charge is 0.256 e.